The van der Waals surface area contributed by atoms with Gasteiger partial charge in [-0.2, -0.15) is 5.26 Å². The van der Waals surface area contributed by atoms with Gasteiger partial charge < -0.3 is 0 Å². The zero-order valence-electron chi connectivity index (χ0n) is 7.12. The molecule has 0 aliphatic heterocycles. The highest BCUT2D eigenvalue weighted by molar-refractivity contribution is 7.99. The quantitative estimate of drug-likeness (QED) is 0.655. The number of rotatable bonds is 4. The van der Waals surface area contributed by atoms with Gasteiger partial charge in [-0.3, -0.25) is 10.1 Å². The summed E-state index contributed by atoms with van der Waals surface area (Å²) in [6.45, 7) is 0. The van der Waals surface area contributed by atoms with Crippen molar-refractivity contribution in [1.82, 2.24) is 5.32 Å². The van der Waals surface area contributed by atoms with Crippen molar-refractivity contribution < 1.29 is 4.79 Å². The Hall–Kier alpha value is -0.700. The lowest BCUT2D eigenvalue weighted by molar-refractivity contribution is -0.117. The topological polar surface area (TPSA) is 52.9 Å². The van der Waals surface area contributed by atoms with Gasteiger partial charge in [-0.25, -0.2) is 0 Å². The van der Waals surface area contributed by atoms with E-state index in [4.69, 9.17) is 16.9 Å². The van der Waals surface area contributed by atoms with E-state index in [1.165, 1.54) is 23.1 Å². The van der Waals surface area contributed by atoms with E-state index in [0.29, 0.717) is 5.75 Å². The first-order valence-electron chi connectivity index (χ1n) is 3.72. The van der Waals surface area contributed by atoms with Crippen molar-refractivity contribution in [2.24, 2.45) is 0 Å². The standard InChI is InChI=1S/C8H7ClN2OS2/c9-7-2-1-6(14-7)3-13-4-8(12)11-5-10/h1-2H,3-4H2,(H,11,12). The number of thioether (sulfide) groups is 1. The largest absolute Gasteiger partial charge is 0.273 e. The Labute approximate surface area is 95.1 Å². The van der Waals surface area contributed by atoms with E-state index in [-0.39, 0.29) is 5.91 Å². The Bertz CT molecular complexity index is 358. The second kappa shape index (κ2) is 5.91. The Balaban J connectivity index is 2.22. The first-order valence-corrected chi connectivity index (χ1v) is 6.07. The number of hydrogen-bond donors (Lipinski definition) is 1. The van der Waals surface area contributed by atoms with Crippen LogP contribution in [0, 0.1) is 11.5 Å². The minimum Gasteiger partial charge on any atom is -0.273 e. The Kier molecular flexibility index (Phi) is 4.80. The van der Waals surface area contributed by atoms with Crippen LogP contribution in [0.5, 0.6) is 0 Å². The molecule has 0 aromatic carbocycles. The molecule has 1 rings (SSSR count). The molecular weight excluding hydrogens is 240 g/mol. The van der Waals surface area contributed by atoms with Crippen molar-refractivity contribution in [1.29, 1.82) is 5.26 Å². The number of thiophene rings is 1. The third kappa shape index (κ3) is 4.01. The van der Waals surface area contributed by atoms with Gasteiger partial charge in [-0.1, -0.05) is 11.6 Å². The van der Waals surface area contributed by atoms with E-state index in [1.54, 1.807) is 6.19 Å². The maximum absolute atomic E-state index is 10.9. The SMILES string of the molecule is N#CNC(=O)CSCc1ccc(Cl)s1. The third-order valence-electron chi connectivity index (χ3n) is 1.30. The third-order valence-corrected chi connectivity index (χ3v) is 3.70. The first-order chi connectivity index (χ1) is 6.72. The van der Waals surface area contributed by atoms with Crippen molar-refractivity contribution in [2.75, 3.05) is 5.75 Å². The normalized spacial score (nSPS) is 9.43. The molecule has 0 unspecified atom stereocenters. The molecule has 0 spiro atoms. The first kappa shape index (κ1) is 11.4. The molecule has 1 aromatic heterocycles. The number of nitrogens with zero attached hydrogens (tertiary/aromatic N) is 1. The van der Waals surface area contributed by atoms with Crippen molar-refractivity contribution in [3.05, 3.63) is 21.3 Å². The molecule has 1 heterocycles. The summed E-state index contributed by atoms with van der Waals surface area (Å²) in [6, 6.07) is 3.76. The van der Waals surface area contributed by atoms with Gasteiger partial charge >= 0.3 is 0 Å². The van der Waals surface area contributed by atoms with Gasteiger partial charge in [0.2, 0.25) is 5.91 Å². The molecule has 0 saturated carbocycles. The molecule has 0 bridgehead atoms. The predicted octanol–water partition coefficient (Wildman–Crippen LogP) is 2.23. The predicted molar refractivity (Wildman–Crippen MR) is 59.2 cm³/mol. The molecule has 0 saturated heterocycles. The molecule has 14 heavy (non-hydrogen) atoms. The fourth-order valence-electron chi connectivity index (χ4n) is 0.772. The number of amides is 1. The fraction of sp³-hybridized carbons (Fsp3) is 0.250. The molecule has 3 nitrogen and oxygen atoms in total. The van der Waals surface area contributed by atoms with E-state index in [2.05, 4.69) is 5.32 Å². The van der Waals surface area contributed by atoms with Crippen molar-refractivity contribution in [3.63, 3.8) is 0 Å². The molecule has 0 radical (unpaired) electrons. The van der Waals surface area contributed by atoms with Gasteiger partial charge in [-0.15, -0.1) is 23.1 Å². The summed E-state index contributed by atoms with van der Waals surface area (Å²) in [4.78, 5) is 12.0. The number of carbonyl (C=O) groups is 1. The van der Waals surface area contributed by atoms with E-state index in [0.717, 1.165) is 15.0 Å². The van der Waals surface area contributed by atoms with Crippen LogP contribution >= 0.6 is 34.7 Å². The second-order valence-corrected chi connectivity index (χ2v) is 5.14. The van der Waals surface area contributed by atoms with Crippen LogP contribution in [0.4, 0.5) is 0 Å². The Morgan fingerprint density at radius 2 is 2.50 bits per heavy atom. The average Bonchev–Trinajstić information content (AvgIpc) is 2.52. The fourth-order valence-corrected chi connectivity index (χ4v) is 2.80. The lowest BCUT2D eigenvalue weighted by Crippen LogP contribution is -2.19. The molecule has 1 aromatic rings. The molecule has 6 heteroatoms. The van der Waals surface area contributed by atoms with Gasteiger partial charge in [0.1, 0.15) is 0 Å². The Morgan fingerprint density at radius 3 is 3.07 bits per heavy atom. The second-order valence-electron chi connectivity index (χ2n) is 2.36. The monoisotopic (exact) mass is 246 g/mol. The van der Waals surface area contributed by atoms with Crippen molar-refractivity contribution >= 4 is 40.6 Å². The van der Waals surface area contributed by atoms with Crippen molar-refractivity contribution in [2.45, 2.75) is 5.75 Å². The molecule has 1 amide bonds. The van der Waals surface area contributed by atoms with Gasteiger partial charge in [0.25, 0.3) is 0 Å². The van der Waals surface area contributed by atoms with E-state index in [1.807, 2.05) is 12.1 Å². The summed E-state index contributed by atoms with van der Waals surface area (Å²) in [5.41, 5.74) is 0. The maximum Gasteiger partial charge on any atom is 0.242 e. The summed E-state index contributed by atoms with van der Waals surface area (Å²) in [6.07, 6.45) is 1.59. The molecule has 74 valence electrons. The van der Waals surface area contributed by atoms with Crippen LogP contribution in [-0.2, 0) is 10.5 Å². The maximum atomic E-state index is 10.9. The lowest BCUT2D eigenvalue weighted by Gasteiger charge is -1.96. The zero-order chi connectivity index (χ0) is 10.4. The molecule has 0 aliphatic carbocycles. The summed E-state index contributed by atoms with van der Waals surface area (Å²) < 4.78 is 0.752. The van der Waals surface area contributed by atoms with Gasteiger partial charge in [0.05, 0.1) is 10.1 Å². The number of nitrogens with one attached hydrogen (secondary N) is 1. The Morgan fingerprint density at radius 1 is 1.71 bits per heavy atom. The van der Waals surface area contributed by atoms with Crippen LogP contribution in [-0.4, -0.2) is 11.7 Å². The van der Waals surface area contributed by atoms with Gasteiger partial charge in [0.15, 0.2) is 6.19 Å². The van der Waals surface area contributed by atoms with Crippen molar-refractivity contribution in [3.8, 4) is 6.19 Å². The van der Waals surface area contributed by atoms with E-state index < -0.39 is 0 Å². The van der Waals surface area contributed by atoms with E-state index >= 15 is 0 Å². The molecule has 0 fully saturated rings. The van der Waals surface area contributed by atoms with Crippen LogP contribution in [0.15, 0.2) is 12.1 Å². The van der Waals surface area contributed by atoms with Crippen LogP contribution in [0.2, 0.25) is 4.34 Å². The summed E-state index contributed by atoms with van der Waals surface area (Å²) in [5, 5.41) is 10.2. The number of halogens is 1. The summed E-state index contributed by atoms with van der Waals surface area (Å²) in [7, 11) is 0. The lowest BCUT2D eigenvalue weighted by atomic mass is 10.5. The molecule has 0 atom stereocenters. The zero-order valence-corrected chi connectivity index (χ0v) is 9.51. The van der Waals surface area contributed by atoms with Crippen LogP contribution in [0.1, 0.15) is 4.88 Å². The van der Waals surface area contributed by atoms with Crippen LogP contribution in [0.3, 0.4) is 0 Å². The summed E-state index contributed by atoms with van der Waals surface area (Å²) >= 11 is 8.70. The highest BCUT2D eigenvalue weighted by Crippen LogP contribution is 2.24. The molecule has 0 aliphatic rings. The molecular formula is C8H7ClN2OS2. The number of nitriles is 1. The van der Waals surface area contributed by atoms with Crippen LogP contribution < -0.4 is 5.32 Å². The summed E-state index contributed by atoms with van der Waals surface area (Å²) in [5.74, 6) is 0.777. The van der Waals surface area contributed by atoms with Crippen LogP contribution in [0.25, 0.3) is 0 Å². The smallest absolute Gasteiger partial charge is 0.242 e. The number of hydrogen-bond acceptors (Lipinski definition) is 4. The highest BCUT2D eigenvalue weighted by atomic mass is 35.5. The van der Waals surface area contributed by atoms with Gasteiger partial charge in [0, 0.05) is 10.6 Å². The highest BCUT2D eigenvalue weighted by Gasteiger charge is 2.02. The van der Waals surface area contributed by atoms with E-state index in [9.17, 15) is 4.79 Å². The number of carbonyl (C=O) groups excluding carboxylic acids is 1. The average molecular weight is 247 g/mol. The minimum atomic E-state index is -0.264. The molecule has 1 N–H and O–H groups in total. The minimum absolute atomic E-state index is 0.264. The van der Waals surface area contributed by atoms with Gasteiger partial charge in [-0.05, 0) is 12.1 Å².